The second kappa shape index (κ2) is 22.3. The number of carbonyl (C=O) groups is 4. The first-order valence-corrected chi connectivity index (χ1v) is 15.8. The summed E-state index contributed by atoms with van der Waals surface area (Å²) in [6.45, 7) is 4.97. The molecule has 0 N–H and O–H groups in total. The van der Waals surface area contributed by atoms with Gasteiger partial charge in [-0.3, -0.25) is 19.2 Å². The van der Waals surface area contributed by atoms with Crippen LogP contribution >= 0.6 is 0 Å². The summed E-state index contributed by atoms with van der Waals surface area (Å²) >= 11 is 0. The van der Waals surface area contributed by atoms with Crippen LogP contribution in [0.2, 0.25) is 0 Å². The summed E-state index contributed by atoms with van der Waals surface area (Å²) in [5, 5.41) is 0. The summed E-state index contributed by atoms with van der Waals surface area (Å²) in [6, 6.07) is 0. The van der Waals surface area contributed by atoms with Crippen molar-refractivity contribution >= 4 is 23.9 Å². The van der Waals surface area contributed by atoms with Crippen molar-refractivity contribution in [3.8, 4) is 0 Å². The molecule has 0 bridgehead atoms. The van der Waals surface area contributed by atoms with Gasteiger partial charge in [-0.2, -0.15) is 0 Å². The smallest absolute Gasteiger partial charge is 0.309 e. The number of carbonyl (C=O) groups excluding carboxylic acids is 4. The lowest BCUT2D eigenvalue weighted by molar-refractivity contribution is -0.200. The molecule has 1 aliphatic heterocycles. The molecule has 0 saturated carbocycles. The Morgan fingerprint density at radius 3 is 1.52 bits per heavy atom. The van der Waals surface area contributed by atoms with Gasteiger partial charge in [-0.05, 0) is 41.0 Å². The molecular formula is C31H56N2O9. The summed E-state index contributed by atoms with van der Waals surface area (Å²) in [5.74, 6) is -1.94. The summed E-state index contributed by atoms with van der Waals surface area (Å²) in [5.41, 5.74) is 0. The molecule has 0 aromatic heterocycles. The lowest BCUT2D eigenvalue weighted by atomic mass is 10.1. The number of rotatable bonds is 23. The molecule has 42 heavy (non-hydrogen) atoms. The van der Waals surface area contributed by atoms with Crippen LogP contribution < -0.4 is 0 Å². The number of hydrogen-bond acceptors (Lipinski definition) is 11. The molecule has 244 valence electrons. The van der Waals surface area contributed by atoms with Crippen molar-refractivity contribution in [3.05, 3.63) is 0 Å². The van der Waals surface area contributed by atoms with Gasteiger partial charge in [-0.1, -0.05) is 65.2 Å². The predicted octanol–water partition coefficient (Wildman–Crippen LogP) is 4.25. The van der Waals surface area contributed by atoms with Crippen molar-refractivity contribution in [3.63, 3.8) is 0 Å². The van der Waals surface area contributed by atoms with Crippen LogP contribution in [0.3, 0.4) is 0 Å². The average Bonchev–Trinajstić information content (AvgIpc) is 3.24. The van der Waals surface area contributed by atoms with Crippen molar-refractivity contribution < 1.29 is 42.9 Å². The van der Waals surface area contributed by atoms with E-state index < -0.39 is 48.5 Å². The van der Waals surface area contributed by atoms with Crippen molar-refractivity contribution in [1.82, 2.24) is 9.80 Å². The predicted molar refractivity (Wildman–Crippen MR) is 159 cm³/mol. The van der Waals surface area contributed by atoms with Crippen molar-refractivity contribution in [1.29, 1.82) is 0 Å². The van der Waals surface area contributed by atoms with Crippen LogP contribution in [-0.4, -0.2) is 106 Å². The minimum atomic E-state index is -1.29. The molecule has 1 saturated heterocycles. The second-order valence-electron chi connectivity index (χ2n) is 11.6. The van der Waals surface area contributed by atoms with Gasteiger partial charge in [0.2, 0.25) is 12.4 Å². The molecule has 1 aliphatic rings. The van der Waals surface area contributed by atoms with Crippen LogP contribution in [0.15, 0.2) is 0 Å². The Morgan fingerprint density at radius 1 is 0.571 bits per heavy atom. The molecule has 0 spiro atoms. The van der Waals surface area contributed by atoms with Gasteiger partial charge in [0.15, 0.2) is 6.10 Å². The SMILES string of the molecule is CCCCCCCC(=O)OC1[C@@H](COC(=O)CCN(C)C)O[C@@H](OC(=O)CCN(C)C)[C@H]1OC(=O)CCCCCCC. The van der Waals surface area contributed by atoms with Gasteiger partial charge < -0.3 is 33.5 Å². The highest BCUT2D eigenvalue weighted by Crippen LogP contribution is 2.30. The maximum atomic E-state index is 12.9. The standard InChI is InChI=1S/C31H56N2O9/c1-7-9-11-13-15-17-26(35)40-29-24(23-38-25(34)19-21-32(3)4)39-31(42-28(37)20-22-33(5)6)30(29)41-27(36)18-16-14-12-10-8-2/h24,29-31H,7-23H2,1-6H3/t24-,29?,30+,31+/m1/s1. The number of ether oxygens (including phenoxy) is 5. The molecule has 11 heteroatoms. The zero-order chi connectivity index (χ0) is 31.3. The van der Waals surface area contributed by atoms with Gasteiger partial charge in [0, 0.05) is 25.9 Å². The van der Waals surface area contributed by atoms with Crippen LogP contribution in [0.4, 0.5) is 0 Å². The van der Waals surface area contributed by atoms with E-state index in [1.54, 1.807) is 0 Å². The zero-order valence-corrected chi connectivity index (χ0v) is 26.9. The third-order valence-corrected chi connectivity index (χ3v) is 6.95. The van der Waals surface area contributed by atoms with E-state index in [0.717, 1.165) is 51.4 Å². The molecule has 1 rings (SSSR count). The van der Waals surface area contributed by atoms with Crippen LogP contribution in [0.5, 0.6) is 0 Å². The fraction of sp³-hybridized carbons (Fsp3) is 0.871. The first-order chi connectivity index (χ1) is 20.1. The highest BCUT2D eigenvalue weighted by Gasteiger charge is 2.52. The van der Waals surface area contributed by atoms with E-state index in [2.05, 4.69) is 13.8 Å². The molecule has 0 aliphatic carbocycles. The van der Waals surface area contributed by atoms with Gasteiger partial charge in [0.1, 0.15) is 12.7 Å². The van der Waals surface area contributed by atoms with Crippen LogP contribution in [-0.2, 0) is 42.9 Å². The molecule has 1 unspecified atom stereocenters. The minimum absolute atomic E-state index is 0.0946. The van der Waals surface area contributed by atoms with E-state index >= 15 is 0 Å². The van der Waals surface area contributed by atoms with E-state index in [1.807, 2.05) is 38.0 Å². The summed E-state index contributed by atoms with van der Waals surface area (Å²) in [4.78, 5) is 54.4. The highest BCUT2D eigenvalue weighted by atomic mass is 16.8. The van der Waals surface area contributed by atoms with E-state index in [4.69, 9.17) is 23.7 Å². The topological polar surface area (TPSA) is 121 Å². The molecule has 0 aromatic carbocycles. The molecule has 0 amide bonds. The fourth-order valence-electron chi connectivity index (χ4n) is 4.42. The quantitative estimate of drug-likeness (QED) is 0.0951. The Morgan fingerprint density at radius 2 is 1.02 bits per heavy atom. The normalized spacial score (nSPS) is 20.1. The van der Waals surface area contributed by atoms with Gasteiger partial charge in [-0.25, -0.2) is 0 Å². The third-order valence-electron chi connectivity index (χ3n) is 6.95. The average molecular weight is 601 g/mol. The Hall–Kier alpha value is -2.24. The molecule has 1 heterocycles. The Balaban J connectivity index is 3.03. The molecule has 1 fully saturated rings. The maximum absolute atomic E-state index is 12.9. The van der Waals surface area contributed by atoms with E-state index in [-0.39, 0.29) is 32.3 Å². The van der Waals surface area contributed by atoms with E-state index in [9.17, 15) is 19.2 Å². The van der Waals surface area contributed by atoms with Gasteiger partial charge in [0.25, 0.3) is 0 Å². The summed E-state index contributed by atoms with van der Waals surface area (Å²) in [7, 11) is 7.37. The first kappa shape index (κ1) is 37.8. The minimum Gasteiger partial charge on any atom is -0.463 e. The lowest BCUT2D eigenvalue weighted by Gasteiger charge is -2.24. The maximum Gasteiger partial charge on any atom is 0.309 e. The van der Waals surface area contributed by atoms with Crippen LogP contribution in [0.1, 0.15) is 104 Å². The zero-order valence-electron chi connectivity index (χ0n) is 26.9. The highest BCUT2D eigenvalue weighted by molar-refractivity contribution is 5.72. The molecule has 11 nitrogen and oxygen atoms in total. The van der Waals surface area contributed by atoms with Crippen molar-refractivity contribution in [2.45, 2.75) is 128 Å². The fourth-order valence-corrected chi connectivity index (χ4v) is 4.42. The van der Waals surface area contributed by atoms with Crippen LogP contribution in [0, 0.1) is 0 Å². The second-order valence-corrected chi connectivity index (χ2v) is 11.6. The monoisotopic (exact) mass is 600 g/mol. The Labute approximate surface area is 252 Å². The first-order valence-electron chi connectivity index (χ1n) is 15.8. The van der Waals surface area contributed by atoms with Gasteiger partial charge >= 0.3 is 23.9 Å². The molecule has 4 atom stereocenters. The van der Waals surface area contributed by atoms with E-state index in [0.29, 0.717) is 25.9 Å². The van der Waals surface area contributed by atoms with Crippen molar-refractivity contribution in [2.24, 2.45) is 0 Å². The van der Waals surface area contributed by atoms with Crippen LogP contribution in [0.25, 0.3) is 0 Å². The number of esters is 4. The van der Waals surface area contributed by atoms with Gasteiger partial charge in [0.05, 0.1) is 12.8 Å². The molecule has 0 radical (unpaired) electrons. The van der Waals surface area contributed by atoms with E-state index in [1.165, 1.54) is 0 Å². The largest absolute Gasteiger partial charge is 0.463 e. The summed E-state index contributed by atoms with van der Waals surface area (Å²) in [6.07, 6.45) is 5.70. The summed E-state index contributed by atoms with van der Waals surface area (Å²) < 4.78 is 28.5. The number of hydrogen-bond donors (Lipinski definition) is 0. The number of unbranched alkanes of at least 4 members (excludes halogenated alkanes) is 8. The Bertz CT molecular complexity index is 790. The molecular weight excluding hydrogens is 544 g/mol. The van der Waals surface area contributed by atoms with Crippen molar-refractivity contribution in [2.75, 3.05) is 47.9 Å². The number of nitrogens with zero attached hydrogens (tertiary/aromatic N) is 2. The van der Waals surface area contributed by atoms with Gasteiger partial charge in [-0.15, -0.1) is 0 Å². The Kier molecular flexibility index (Phi) is 20.1. The molecule has 0 aromatic rings. The third kappa shape index (κ3) is 17.0. The lowest BCUT2D eigenvalue weighted by Crippen LogP contribution is -2.43.